The number of hydrogen-bond donors (Lipinski definition) is 2. The highest BCUT2D eigenvalue weighted by Gasteiger charge is 2.27. The van der Waals surface area contributed by atoms with Crippen LogP contribution in [0.15, 0.2) is 24.3 Å². The minimum absolute atomic E-state index is 0.267. The van der Waals surface area contributed by atoms with Crippen LogP contribution in [0.1, 0.15) is 31.9 Å². The van der Waals surface area contributed by atoms with Gasteiger partial charge in [-0.15, -0.1) is 0 Å². The molecule has 18 heavy (non-hydrogen) atoms. The minimum Gasteiger partial charge on any atom is -0.493 e. The summed E-state index contributed by atoms with van der Waals surface area (Å²) >= 11 is 0. The van der Waals surface area contributed by atoms with Gasteiger partial charge in [-0.25, -0.2) is 0 Å². The quantitative estimate of drug-likeness (QED) is 0.841. The highest BCUT2D eigenvalue weighted by Crippen LogP contribution is 2.34. The Bertz CT molecular complexity index is 381. The highest BCUT2D eigenvalue weighted by molar-refractivity contribution is 5.37. The maximum atomic E-state index is 8.94. The standard InChI is InChI=1S/C15H23NO2/c1-11(7-8-17)9-16-15-12(2)10-18-14-6-4-3-5-13(14)15/h3-6,11-12,15-17H,7-10H2,1-2H3. The lowest BCUT2D eigenvalue weighted by Gasteiger charge is -2.33. The molecule has 0 bridgehead atoms. The maximum Gasteiger partial charge on any atom is 0.124 e. The molecule has 1 aromatic rings. The first-order valence-electron chi connectivity index (χ1n) is 6.78. The summed E-state index contributed by atoms with van der Waals surface area (Å²) in [5.74, 6) is 1.97. The molecule has 1 aliphatic heterocycles. The van der Waals surface area contributed by atoms with Crippen LogP contribution < -0.4 is 10.1 Å². The van der Waals surface area contributed by atoms with Gasteiger partial charge in [-0.1, -0.05) is 32.0 Å². The summed E-state index contributed by atoms with van der Waals surface area (Å²) < 4.78 is 5.74. The normalized spacial score (nSPS) is 24.2. The number of nitrogens with one attached hydrogen (secondary N) is 1. The molecule has 1 heterocycles. The fraction of sp³-hybridized carbons (Fsp3) is 0.600. The van der Waals surface area contributed by atoms with Crippen LogP contribution in [0.25, 0.3) is 0 Å². The lowest BCUT2D eigenvalue weighted by molar-refractivity contribution is 0.182. The summed E-state index contributed by atoms with van der Waals surface area (Å²) in [7, 11) is 0. The first kappa shape index (κ1) is 13.4. The number of ether oxygens (including phenoxy) is 1. The lowest BCUT2D eigenvalue weighted by Crippen LogP contribution is -2.36. The van der Waals surface area contributed by atoms with E-state index in [-0.39, 0.29) is 6.61 Å². The van der Waals surface area contributed by atoms with Crippen LogP contribution in [0, 0.1) is 11.8 Å². The molecule has 0 saturated carbocycles. The van der Waals surface area contributed by atoms with E-state index in [1.165, 1.54) is 5.56 Å². The third-order valence-corrected chi connectivity index (χ3v) is 3.63. The Morgan fingerprint density at radius 3 is 3.00 bits per heavy atom. The van der Waals surface area contributed by atoms with Crippen LogP contribution in [0.4, 0.5) is 0 Å². The second-order valence-corrected chi connectivity index (χ2v) is 5.33. The average Bonchev–Trinajstić information content (AvgIpc) is 2.38. The molecule has 3 atom stereocenters. The van der Waals surface area contributed by atoms with Crippen LogP contribution in [-0.4, -0.2) is 24.9 Å². The van der Waals surface area contributed by atoms with E-state index in [1.54, 1.807) is 0 Å². The van der Waals surface area contributed by atoms with Crippen molar-refractivity contribution >= 4 is 0 Å². The van der Waals surface area contributed by atoms with Gasteiger partial charge in [0.05, 0.1) is 6.61 Å². The predicted molar refractivity (Wildman–Crippen MR) is 72.7 cm³/mol. The van der Waals surface area contributed by atoms with Crippen LogP contribution >= 0.6 is 0 Å². The Morgan fingerprint density at radius 1 is 1.44 bits per heavy atom. The fourth-order valence-corrected chi connectivity index (χ4v) is 2.45. The topological polar surface area (TPSA) is 41.5 Å². The number of hydrogen-bond acceptors (Lipinski definition) is 3. The molecule has 0 spiro atoms. The lowest BCUT2D eigenvalue weighted by atomic mass is 9.91. The van der Waals surface area contributed by atoms with Crippen molar-refractivity contribution in [2.24, 2.45) is 11.8 Å². The molecular formula is C15H23NO2. The smallest absolute Gasteiger partial charge is 0.124 e. The van der Waals surface area contributed by atoms with Crippen LogP contribution in [0.5, 0.6) is 5.75 Å². The third kappa shape index (κ3) is 3.03. The third-order valence-electron chi connectivity index (χ3n) is 3.63. The van der Waals surface area contributed by atoms with Gasteiger partial charge in [-0.2, -0.15) is 0 Å². The van der Waals surface area contributed by atoms with Crippen molar-refractivity contribution in [2.45, 2.75) is 26.3 Å². The second kappa shape index (κ2) is 6.21. The molecule has 3 unspecified atom stereocenters. The number of aliphatic hydroxyl groups excluding tert-OH is 1. The van der Waals surface area contributed by atoms with Crippen molar-refractivity contribution in [3.8, 4) is 5.75 Å². The zero-order chi connectivity index (χ0) is 13.0. The molecule has 0 saturated heterocycles. The van der Waals surface area contributed by atoms with Crippen LogP contribution in [0.2, 0.25) is 0 Å². The van der Waals surface area contributed by atoms with Gasteiger partial charge in [0, 0.05) is 24.1 Å². The van der Waals surface area contributed by atoms with E-state index in [1.807, 2.05) is 12.1 Å². The number of benzene rings is 1. The molecule has 2 N–H and O–H groups in total. The van der Waals surface area contributed by atoms with Crippen molar-refractivity contribution < 1.29 is 9.84 Å². The zero-order valence-corrected chi connectivity index (χ0v) is 11.2. The van der Waals surface area contributed by atoms with Gasteiger partial charge in [0.1, 0.15) is 5.75 Å². The molecule has 3 nitrogen and oxygen atoms in total. The molecule has 1 aliphatic rings. The van der Waals surface area contributed by atoms with Crippen LogP contribution in [-0.2, 0) is 0 Å². The van der Waals surface area contributed by atoms with Gasteiger partial charge in [0.15, 0.2) is 0 Å². The molecule has 0 radical (unpaired) electrons. The number of para-hydroxylation sites is 1. The van der Waals surface area contributed by atoms with Gasteiger partial charge >= 0.3 is 0 Å². The Hall–Kier alpha value is -1.06. The van der Waals surface area contributed by atoms with E-state index in [2.05, 4.69) is 31.3 Å². The van der Waals surface area contributed by atoms with Crippen molar-refractivity contribution in [1.82, 2.24) is 5.32 Å². The monoisotopic (exact) mass is 249 g/mol. The Labute approximate surface area is 109 Å². The van der Waals surface area contributed by atoms with E-state index >= 15 is 0 Å². The molecule has 100 valence electrons. The molecule has 0 aliphatic carbocycles. The van der Waals surface area contributed by atoms with Crippen molar-refractivity contribution in [2.75, 3.05) is 19.8 Å². The number of rotatable bonds is 5. The SMILES string of the molecule is CC(CCO)CNC1c2ccccc2OCC1C. The van der Waals surface area contributed by atoms with E-state index < -0.39 is 0 Å². The van der Waals surface area contributed by atoms with Gasteiger partial charge in [-0.05, 0) is 24.9 Å². The van der Waals surface area contributed by atoms with Gasteiger partial charge in [-0.3, -0.25) is 0 Å². The predicted octanol–water partition coefficient (Wildman–Crippen LogP) is 2.36. The zero-order valence-electron chi connectivity index (χ0n) is 11.2. The van der Waals surface area contributed by atoms with E-state index in [0.29, 0.717) is 17.9 Å². The first-order valence-corrected chi connectivity index (χ1v) is 6.78. The van der Waals surface area contributed by atoms with E-state index in [9.17, 15) is 0 Å². The van der Waals surface area contributed by atoms with Gasteiger partial charge < -0.3 is 15.2 Å². The largest absolute Gasteiger partial charge is 0.493 e. The summed E-state index contributed by atoms with van der Waals surface area (Å²) in [6.45, 7) is 6.35. The minimum atomic E-state index is 0.267. The highest BCUT2D eigenvalue weighted by atomic mass is 16.5. The summed E-state index contributed by atoms with van der Waals surface area (Å²) in [5.41, 5.74) is 1.26. The molecule has 0 fully saturated rings. The second-order valence-electron chi connectivity index (χ2n) is 5.33. The Balaban J connectivity index is 2.03. The average molecular weight is 249 g/mol. The van der Waals surface area contributed by atoms with E-state index in [0.717, 1.165) is 25.3 Å². The summed E-state index contributed by atoms with van der Waals surface area (Å²) in [6, 6.07) is 8.61. The van der Waals surface area contributed by atoms with Crippen molar-refractivity contribution in [3.05, 3.63) is 29.8 Å². The molecule has 0 aromatic heterocycles. The van der Waals surface area contributed by atoms with Crippen molar-refractivity contribution in [3.63, 3.8) is 0 Å². The van der Waals surface area contributed by atoms with Gasteiger partial charge in [0.2, 0.25) is 0 Å². The number of fused-ring (bicyclic) bond motifs is 1. The number of aliphatic hydroxyl groups is 1. The Morgan fingerprint density at radius 2 is 2.22 bits per heavy atom. The van der Waals surface area contributed by atoms with Gasteiger partial charge in [0.25, 0.3) is 0 Å². The van der Waals surface area contributed by atoms with Crippen LogP contribution in [0.3, 0.4) is 0 Å². The first-order chi connectivity index (χ1) is 8.72. The van der Waals surface area contributed by atoms with Crippen molar-refractivity contribution in [1.29, 1.82) is 0 Å². The fourth-order valence-electron chi connectivity index (χ4n) is 2.45. The molecular weight excluding hydrogens is 226 g/mol. The Kier molecular flexibility index (Phi) is 4.61. The summed E-state index contributed by atoms with van der Waals surface area (Å²) in [6.07, 6.45) is 0.853. The molecule has 0 amide bonds. The van der Waals surface area contributed by atoms with E-state index in [4.69, 9.17) is 9.84 Å². The summed E-state index contributed by atoms with van der Waals surface area (Å²) in [4.78, 5) is 0. The summed E-state index contributed by atoms with van der Waals surface area (Å²) in [5, 5.41) is 12.6. The molecule has 1 aromatic carbocycles. The molecule has 3 heteroatoms. The maximum absolute atomic E-state index is 8.94. The molecule has 2 rings (SSSR count).